The van der Waals surface area contributed by atoms with Crippen molar-refractivity contribution in [2.24, 2.45) is 7.05 Å². The number of nitrogens with one attached hydrogen (secondary N) is 1. The fraction of sp³-hybridized carbons (Fsp3) is 0.714. The number of carbonyl (C=O) groups excluding carboxylic acids is 1. The number of rotatable bonds is 2. The molecule has 21 heavy (non-hydrogen) atoms. The zero-order valence-electron chi connectivity index (χ0n) is 12.5. The maximum absolute atomic E-state index is 12.6. The standard InChI is InChI=1S/C14H22N4O3/c1-14(11-7-16-17(2)9-11)10-18(4-6-21-14)13(19)12-8-15-3-5-20-12/h7,9,12,15H,3-6,8,10H2,1-2H3. The lowest BCUT2D eigenvalue weighted by atomic mass is 9.96. The number of nitrogens with zero attached hydrogens (tertiary/aromatic N) is 3. The molecule has 0 radical (unpaired) electrons. The van der Waals surface area contributed by atoms with E-state index < -0.39 is 5.60 Å². The molecule has 3 rings (SSSR count). The predicted octanol–water partition coefficient (Wildman–Crippen LogP) is -0.517. The van der Waals surface area contributed by atoms with Gasteiger partial charge < -0.3 is 19.7 Å². The van der Waals surface area contributed by atoms with E-state index in [4.69, 9.17) is 9.47 Å². The fourth-order valence-electron chi connectivity index (χ4n) is 2.85. The molecule has 0 spiro atoms. The van der Waals surface area contributed by atoms with E-state index in [1.807, 2.05) is 25.1 Å². The summed E-state index contributed by atoms with van der Waals surface area (Å²) in [6, 6.07) is 0. The third-order valence-corrected chi connectivity index (χ3v) is 4.10. The molecule has 2 atom stereocenters. The Hall–Kier alpha value is -1.44. The Bertz CT molecular complexity index is 512. The van der Waals surface area contributed by atoms with Crippen LogP contribution in [0.1, 0.15) is 12.5 Å². The maximum Gasteiger partial charge on any atom is 0.253 e. The molecule has 0 aromatic carbocycles. The SMILES string of the molecule is Cn1cc(C2(C)CN(C(=O)C3CNCCO3)CCO2)cn1. The van der Waals surface area contributed by atoms with Gasteiger partial charge in [0.05, 0.1) is 26.0 Å². The average Bonchev–Trinajstić information content (AvgIpc) is 2.95. The van der Waals surface area contributed by atoms with Crippen LogP contribution in [0.3, 0.4) is 0 Å². The Morgan fingerprint density at radius 2 is 2.38 bits per heavy atom. The van der Waals surface area contributed by atoms with Gasteiger partial charge in [-0.05, 0) is 6.92 Å². The van der Waals surface area contributed by atoms with E-state index in [1.54, 1.807) is 10.9 Å². The van der Waals surface area contributed by atoms with Crippen LogP contribution in [0.25, 0.3) is 0 Å². The number of hydrogen-bond donors (Lipinski definition) is 1. The van der Waals surface area contributed by atoms with Crippen LogP contribution in [0.5, 0.6) is 0 Å². The molecule has 7 heteroatoms. The quantitative estimate of drug-likeness (QED) is 0.795. The lowest BCUT2D eigenvalue weighted by Gasteiger charge is -2.41. The minimum atomic E-state index is -0.510. The van der Waals surface area contributed by atoms with Crippen LogP contribution in [0.15, 0.2) is 12.4 Å². The van der Waals surface area contributed by atoms with Gasteiger partial charge in [-0.1, -0.05) is 0 Å². The molecule has 1 N–H and O–H groups in total. The van der Waals surface area contributed by atoms with Crippen LogP contribution in [0, 0.1) is 0 Å². The van der Waals surface area contributed by atoms with E-state index in [0.717, 1.165) is 12.1 Å². The van der Waals surface area contributed by atoms with Crippen LogP contribution in [0.4, 0.5) is 0 Å². The highest BCUT2D eigenvalue weighted by atomic mass is 16.5. The van der Waals surface area contributed by atoms with Crippen molar-refractivity contribution in [1.29, 1.82) is 0 Å². The lowest BCUT2D eigenvalue weighted by Crippen LogP contribution is -2.56. The molecule has 1 aromatic rings. The minimum Gasteiger partial charge on any atom is -0.367 e. The van der Waals surface area contributed by atoms with Crippen LogP contribution in [-0.2, 0) is 26.9 Å². The van der Waals surface area contributed by atoms with Gasteiger partial charge in [-0.3, -0.25) is 9.48 Å². The summed E-state index contributed by atoms with van der Waals surface area (Å²) in [5, 5.41) is 7.39. The van der Waals surface area contributed by atoms with Crippen molar-refractivity contribution in [2.75, 3.05) is 39.4 Å². The van der Waals surface area contributed by atoms with Gasteiger partial charge in [0.25, 0.3) is 5.91 Å². The van der Waals surface area contributed by atoms with Crippen molar-refractivity contribution < 1.29 is 14.3 Å². The van der Waals surface area contributed by atoms with Gasteiger partial charge in [-0.15, -0.1) is 0 Å². The lowest BCUT2D eigenvalue weighted by molar-refractivity contribution is -0.161. The molecule has 116 valence electrons. The van der Waals surface area contributed by atoms with E-state index in [-0.39, 0.29) is 12.0 Å². The normalized spacial score (nSPS) is 30.4. The topological polar surface area (TPSA) is 68.6 Å². The van der Waals surface area contributed by atoms with E-state index in [1.165, 1.54) is 0 Å². The van der Waals surface area contributed by atoms with Gasteiger partial charge in [0.15, 0.2) is 0 Å². The first-order valence-corrected chi connectivity index (χ1v) is 7.33. The maximum atomic E-state index is 12.6. The van der Waals surface area contributed by atoms with Gasteiger partial charge in [-0.2, -0.15) is 5.10 Å². The van der Waals surface area contributed by atoms with Gasteiger partial charge in [0, 0.05) is 38.4 Å². The van der Waals surface area contributed by atoms with Gasteiger partial charge >= 0.3 is 0 Å². The second-order valence-corrected chi connectivity index (χ2v) is 5.81. The molecular formula is C14H22N4O3. The molecule has 7 nitrogen and oxygen atoms in total. The molecule has 1 amide bonds. The third kappa shape index (κ3) is 2.95. The number of ether oxygens (including phenoxy) is 2. The molecule has 0 saturated carbocycles. The molecule has 2 saturated heterocycles. The smallest absolute Gasteiger partial charge is 0.253 e. The van der Waals surface area contributed by atoms with Crippen molar-refractivity contribution in [1.82, 2.24) is 20.0 Å². The summed E-state index contributed by atoms with van der Waals surface area (Å²) in [4.78, 5) is 14.4. The Kier molecular flexibility index (Phi) is 3.97. The minimum absolute atomic E-state index is 0.0422. The number of hydrogen-bond acceptors (Lipinski definition) is 5. The van der Waals surface area contributed by atoms with Crippen LogP contribution in [-0.4, -0.2) is 66.1 Å². The molecule has 2 aliphatic rings. The number of amides is 1. The highest BCUT2D eigenvalue weighted by molar-refractivity contribution is 5.81. The molecule has 0 aliphatic carbocycles. The summed E-state index contributed by atoms with van der Waals surface area (Å²) < 4.78 is 13.2. The zero-order chi connectivity index (χ0) is 14.9. The Morgan fingerprint density at radius 3 is 3.05 bits per heavy atom. The average molecular weight is 294 g/mol. The van der Waals surface area contributed by atoms with Gasteiger partial charge in [0.2, 0.25) is 0 Å². The Labute approximate surface area is 124 Å². The summed E-state index contributed by atoms with van der Waals surface area (Å²) in [7, 11) is 1.88. The van der Waals surface area contributed by atoms with Gasteiger partial charge in [-0.25, -0.2) is 0 Å². The third-order valence-electron chi connectivity index (χ3n) is 4.10. The fourth-order valence-corrected chi connectivity index (χ4v) is 2.85. The molecule has 2 fully saturated rings. The monoisotopic (exact) mass is 294 g/mol. The Morgan fingerprint density at radius 1 is 1.52 bits per heavy atom. The first kappa shape index (κ1) is 14.5. The zero-order valence-corrected chi connectivity index (χ0v) is 12.5. The van der Waals surface area contributed by atoms with Crippen molar-refractivity contribution in [3.63, 3.8) is 0 Å². The van der Waals surface area contributed by atoms with Crippen molar-refractivity contribution in [3.8, 4) is 0 Å². The second-order valence-electron chi connectivity index (χ2n) is 5.81. The van der Waals surface area contributed by atoms with Crippen LogP contribution >= 0.6 is 0 Å². The summed E-state index contributed by atoms with van der Waals surface area (Å²) in [5.74, 6) is 0.0422. The number of carbonyl (C=O) groups is 1. The molecule has 0 bridgehead atoms. The summed E-state index contributed by atoms with van der Waals surface area (Å²) >= 11 is 0. The predicted molar refractivity (Wildman–Crippen MR) is 75.7 cm³/mol. The molecular weight excluding hydrogens is 272 g/mol. The highest BCUT2D eigenvalue weighted by Gasteiger charge is 2.38. The molecule has 1 aromatic heterocycles. The summed E-state index contributed by atoms with van der Waals surface area (Å²) in [6.07, 6.45) is 3.36. The first-order chi connectivity index (χ1) is 10.1. The summed E-state index contributed by atoms with van der Waals surface area (Å²) in [6.45, 7) is 5.63. The van der Waals surface area contributed by atoms with E-state index >= 15 is 0 Å². The summed E-state index contributed by atoms with van der Waals surface area (Å²) in [5.41, 5.74) is 0.481. The van der Waals surface area contributed by atoms with Crippen LogP contribution < -0.4 is 5.32 Å². The van der Waals surface area contributed by atoms with Crippen molar-refractivity contribution in [3.05, 3.63) is 18.0 Å². The molecule has 2 aliphatic heterocycles. The molecule has 3 heterocycles. The van der Waals surface area contributed by atoms with Gasteiger partial charge in [0.1, 0.15) is 11.7 Å². The van der Waals surface area contributed by atoms with E-state index in [9.17, 15) is 4.79 Å². The van der Waals surface area contributed by atoms with E-state index in [0.29, 0.717) is 32.8 Å². The number of aryl methyl sites for hydroxylation is 1. The Balaban J connectivity index is 1.71. The largest absolute Gasteiger partial charge is 0.367 e. The van der Waals surface area contributed by atoms with Crippen LogP contribution in [0.2, 0.25) is 0 Å². The first-order valence-electron chi connectivity index (χ1n) is 7.33. The number of morpholine rings is 2. The van der Waals surface area contributed by atoms with Crippen molar-refractivity contribution >= 4 is 5.91 Å². The van der Waals surface area contributed by atoms with Crippen molar-refractivity contribution in [2.45, 2.75) is 18.6 Å². The van der Waals surface area contributed by atoms with E-state index in [2.05, 4.69) is 10.4 Å². The number of aromatic nitrogens is 2. The molecule has 2 unspecified atom stereocenters. The second kappa shape index (κ2) is 5.75. The highest BCUT2D eigenvalue weighted by Crippen LogP contribution is 2.29.